The van der Waals surface area contributed by atoms with Crippen molar-refractivity contribution in [2.75, 3.05) is 5.32 Å². The van der Waals surface area contributed by atoms with Crippen molar-refractivity contribution in [3.8, 4) is 0 Å². The SMILES string of the molecule is C\C=C/C=C\C=C\SC1N=C(c2cccnc2)Nc2ccccc21. The van der Waals surface area contributed by atoms with Crippen LogP contribution in [-0.2, 0) is 0 Å². The van der Waals surface area contributed by atoms with Crippen molar-refractivity contribution < 1.29 is 0 Å². The Morgan fingerprint density at radius 2 is 1.92 bits per heavy atom. The highest BCUT2D eigenvalue weighted by atomic mass is 32.2. The summed E-state index contributed by atoms with van der Waals surface area (Å²) in [5, 5.41) is 5.52. The maximum atomic E-state index is 4.87. The number of nitrogens with one attached hydrogen (secondary N) is 1. The summed E-state index contributed by atoms with van der Waals surface area (Å²) in [5.41, 5.74) is 3.29. The molecule has 0 saturated heterocycles. The van der Waals surface area contributed by atoms with Crippen molar-refractivity contribution in [2.24, 2.45) is 4.99 Å². The monoisotopic (exact) mass is 333 g/mol. The van der Waals surface area contributed by atoms with Gasteiger partial charge in [0.2, 0.25) is 0 Å². The highest BCUT2D eigenvalue weighted by Crippen LogP contribution is 2.39. The second kappa shape index (κ2) is 8.31. The van der Waals surface area contributed by atoms with E-state index in [0.29, 0.717) is 0 Å². The van der Waals surface area contributed by atoms with Gasteiger partial charge >= 0.3 is 0 Å². The van der Waals surface area contributed by atoms with E-state index < -0.39 is 0 Å². The second-order valence-electron chi connectivity index (χ2n) is 5.16. The molecule has 0 amide bonds. The molecule has 0 aliphatic carbocycles. The molecule has 24 heavy (non-hydrogen) atoms. The highest BCUT2D eigenvalue weighted by Gasteiger charge is 2.21. The average Bonchev–Trinajstić information content (AvgIpc) is 2.65. The number of aromatic nitrogens is 1. The zero-order valence-corrected chi connectivity index (χ0v) is 14.3. The summed E-state index contributed by atoms with van der Waals surface area (Å²) in [5.74, 6) is 0.858. The van der Waals surface area contributed by atoms with E-state index in [4.69, 9.17) is 4.99 Å². The van der Waals surface area contributed by atoms with Crippen molar-refractivity contribution in [3.63, 3.8) is 0 Å². The number of nitrogens with zero attached hydrogens (tertiary/aromatic N) is 2. The van der Waals surface area contributed by atoms with Crippen molar-refractivity contribution in [2.45, 2.75) is 12.3 Å². The Balaban J connectivity index is 1.83. The van der Waals surface area contributed by atoms with E-state index in [2.05, 4.69) is 27.8 Å². The number of hydrogen-bond acceptors (Lipinski definition) is 4. The van der Waals surface area contributed by atoms with Crippen LogP contribution in [0.3, 0.4) is 0 Å². The number of para-hydroxylation sites is 1. The summed E-state index contributed by atoms with van der Waals surface area (Å²) in [4.78, 5) is 9.05. The lowest BCUT2D eigenvalue weighted by Gasteiger charge is -2.24. The fraction of sp³-hybridized carbons (Fsp3) is 0.100. The normalized spacial score (nSPS) is 17.2. The van der Waals surface area contributed by atoms with Gasteiger partial charge in [0, 0.05) is 29.2 Å². The number of aliphatic imine (C=N–C) groups is 1. The molecule has 1 unspecified atom stereocenters. The van der Waals surface area contributed by atoms with E-state index in [-0.39, 0.29) is 5.37 Å². The molecule has 3 nitrogen and oxygen atoms in total. The average molecular weight is 333 g/mol. The summed E-state index contributed by atoms with van der Waals surface area (Å²) in [6.45, 7) is 2.00. The molecule has 2 heterocycles. The first-order valence-electron chi connectivity index (χ1n) is 7.82. The van der Waals surface area contributed by atoms with Crippen LogP contribution in [0.15, 0.2) is 89.6 Å². The van der Waals surface area contributed by atoms with Crippen molar-refractivity contribution in [1.29, 1.82) is 0 Å². The first kappa shape index (κ1) is 16.3. The minimum atomic E-state index is 0.0315. The van der Waals surface area contributed by atoms with Gasteiger partial charge in [0.05, 0.1) is 0 Å². The fourth-order valence-electron chi connectivity index (χ4n) is 2.33. The van der Waals surface area contributed by atoms with Gasteiger partial charge in [-0.3, -0.25) is 4.98 Å². The molecule has 1 aliphatic rings. The number of anilines is 1. The van der Waals surface area contributed by atoms with Crippen LogP contribution < -0.4 is 5.32 Å². The van der Waals surface area contributed by atoms with Crippen LogP contribution >= 0.6 is 11.8 Å². The first-order valence-corrected chi connectivity index (χ1v) is 8.77. The minimum absolute atomic E-state index is 0.0315. The molecule has 1 N–H and O–H groups in total. The van der Waals surface area contributed by atoms with Crippen LogP contribution in [0, 0.1) is 0 Å². The minimum Gasteiger partial charge on any atom is -0.340 e. The quantitative estimate of drug-likeness (QED) is 0.751. The van der Waals surface area contributed by atoms with E-state index in [1.54, 1.807) is 18.0 Å². The zero-order valence-electron chi connectivity index (χ0n) is 13.5. The van der Waals surface area contributed by atoms with Crippen LogP contribution in [0.5, 0.6) is 0 Å². The number of allylic oxidation sites excluding steroid dienone is 5. The van der Waals surface area contributed by atoms with Gasteiger partial charge in [0.15, 0.2) is 0 Å². The predicted octanol–water partition coefficient (Wildman–Crippen LogP) is 5.33. The van der Waals surface area contributed by atoms with Crippen molar-refractivity contribution in [3.05, 3.63) is 95.7 Å². The van der Waals surface area contributed by atoms with Gasteiger partial charge < -0.3 is 5.32 Å². The van der Waals surface area contributed by atoms with Crippen molar-refractivity contribution >= 4 is 23.3 Å². The molecule has 0 spiro atoms. The maximum absolute atomic E-state index is 4.87. The number of rotatable bonds is 5. The standard InChI is InChI=1S/C20H19N3S/c1-2-3-4-5-8-14-24-20-17-11-6-7-12-18(17)22-19(23-20)16-10-9-13-21-15-16/h2-15,20H,1H3,(H,22,23)/b3-2-,5-4-,14-8+. The van der Waals surface area contributed by atoms with Gasteiger partial charge in [-0.05, 0) is 30.5 Å². The van der Waals surface area contributed by atoms with E-state index in [0.717, 1.165) is 17.1 Å². The molecular formula is C20H19N3S. The highest BCUT2D eigenvalue weighted by molar-refractivity contribution is 8.02. The van der Waals surface area contributed by atoms with Crippen LogP contribution in [0.4, 0.5) is 5.69 Å². The summed E-state index contributed by atoms with van der Waals surface area (Å²) < 4.78 is 0. The molecule has 0 fully saturated rings. The number of pyridine rings is 1. The van der Waals surface area contributed by atoms with Gasteiger partial charge in [-0.15, -0.1) is 11.8 Å². The Kier molecular flexibility index (Phi) is 5.64. The summed E-state index contributed by atoms with van der Waals surface area (Å²) in [6.07, 6.45) is 13.7. The Hall–Kier alpha value is -2.59. The van der Waals surface area contributed by atoms with Gasteiger partial charge in [0.1, 0.15) is 11.2 Å². The third-order valence-corrected chi connectivity index (χ3v) is 4.40. The van der Waals surface area contributed by atoms with Crippen molar-refractivity contribution in [1.82, 2.24) is 4.98 Å². The number of fused-ring (bicyclic) bond motifs is 1. The van der Waals surface area contributed by atoms with Gasteiger partial charge in [-0.2, -0.15) is 0 Å². The second-order valence-corrected chi connectivity index (χ2v) is 6.15. The molecule has 4 heteroatoms. The number of amidine groups is 1. The lowest BCUT2D eigenvalue weighted by Crippen LogP contribution is -2.20. The number of hydrogen-bond donors (Lipinski definition) is 1. The molecule has 120 valence electrons. The van der Waals surface area contributed by atoms with E-state index in [1.807, 2.05) is 67.8 Å². The fourth-order valence-corrected chi connectivity index (χ4v) is 3.18. The molecule has 1 aromatic heterocycles. The van der Waals surface area contributed by atoms with Gasteiger partial charge in [-0.25, -0.2) is 4.99 Å². The molecule has 0 bridgehead atoms. The van der Waals surface area contributed by atoms with Crippen LogP contribution in [0.25, 0.3) is 0 Å². The molecule has 1 aliphatic heterocycles. The molecule has 1 aromatic carbocycles. The molecule has 1 atom stereocenters. The molecule has 3 rings (SSSR count). The lowest BCUT2D eigenvalue weighted by molar-refractivity contribution is 1.02. The first-order chi connectivity index (χ1) is 11.9. The van der Waals surface area contributed by atoms with Crippen LogP contribution in [-0.4, -0.2) is 10.8 Å². The number of thioether (sulfide) groups is 1. The maximum Gasteiger partial charge on any atom is 0.135 e. The largest absolute Gasteiger partial charge is 0.340 e. The Bertz CT molecular complexity index is 792. The Labute approximate surface area is 146 Å². The van der Waals surface area contributed by atoms with E-state index >= 15 is 0 Å². The van der Waals surface area contributed by atoms with Crippen LogP contribution in [0.1, 0.15) is 23.4 Å². The molecule has 0 saturated carbocycles. The Morgan fingerprint density at radius 3 is 2.75 bits per heavy atom. The summed E-state index contributed by atoms with van der Waals surface area (Å²) >= 11 is 1.69. The van der Waals surface area contributed by atoms with E-state index in [9.17, 15) is 0 Å². The van der Waals surface area contributed by atoms with Gasteiger partial charge in [-0.1, -0.05) is 48.6 Å². The number of benzene rings is 1. The third-order valence-electron chi connectivity index (χ3n) is 3.47. The Morgan fingerprint density at radius 1 is 1.04 bits per heavy atom. The summed E-state index contributed by atoms with van der Waals surface area (Å²) in [6, 6.07) is 12.2. The molecular weight excluding hydrogens is 314 g/mol. The smallest absolute Gasteiger partial charge is 0.135 e. The zero-order chi connectivity index (χ0) is 16.6. The molecule has 0 radical (unpaired) electrons. The lowest BCUT2D eigenvalue weighted by atomic mass is 10.1. The van der Waals surface area contributed by atoms with Crippen LogP contribution in [0.2, 0.25) is 0 Å². The van der Waals surface area contributed by atoms with E-state index in [1.165, 1.54) is 5.56 Å². The van der Waals surface area contributed by atoms with Gasteiger partial charge in [0.25, 0.3) is 0 Å². The third kappa shape index (κ3) is 4.03. The molecule has 2 aromatic rings. The topological polar surface area (TPSA) is 37.3 Å². The summed E-state index contributed by atoms with van der Waals surface area (Å²) in [7, 11) is 0. The predicted molar refractivity (Wildman–Crippen MR) is 104 cm³/mol.